The van der Waals surface area contributed by atoms with Crippen LogP contribution in [0.1, 0.15) is 43.7 Å². The second kappa shape index (κ2) is 9.74. The number of carbonyl (C=O) groups is 1. The molecule has 2 unspecified atom stereocenters. The van der Waals surface area contributed by atoms with Crippen LogP contribution in [0.4, 0.5) is 4.39 Å². The Morgan fingerprint density at radius 1 is 1.43 bits per heavy atom. The standard InChI is InChI=1S/C22H25FN2O5/c1-3-28-22(26)19-13(2)30-21(25)17(10-24)20(19)14-6-7-15(18(23)9-14)11-27-12-16-5-4-8-29-16/h6-7,9,16,20H,3-5,8,11-12,25H2,1-2H3. The van der Waals surface area contributed by atoms with Gasteiger partial charge in [0.25, 0.3) is 0 Å². The highest BCUT2D eigenvalue weighted by Crippen LogP contribution is 2.40. The van der Waals surface area contributed by atoms with Gasteiger partial charge in [0.1, 0.15) is 23.2 Å². The number of hydrogen-bond donors (Lipinski definition) is 1. The number of nitrogens with two attached hydrogens (primary N) is 1. The van der Waals surface area contributed by atoms with Crippen molar-refractivity contribution in [3.8, 4) is 6.07 Å². The van der Waals surface area contributed by atoms with Crippen molar-refractivity contribution in [1.82, 2.24) is 0 Å². The number of benzene rings is 1. The van der Waals surface area contributed by atoms with E-state index in [1.807, 2.05) is 6.07 Å². The molecule has 1 fully saturated rings. The van der Waals surface area contributed by atoms with E-state index in [-0.39, 0.29) is 42.1 Å². The quantitative estimate of drug-likeness (QED) is 0.681. The molecule has 0 bridgehead atoms. The summed E-state index contributed by atoms with van der Waals surface area (Å²) in [5.41, 5.74) is 6.80. The molecule has 1 aromatic rings. The van der Waals surface area contributed by atoms with Gasteiger partial charge in [-0.3, -0.25) is 0 Å². The maximum Gasteiger partial charge on any atom is 0.338 e. The molecule has 8 heteroatoms. The second-order valence-corrected chi connectivity index (χ2v) is 7.12. The molecule has 2 heterocycles. The first-order chi connectivity index (χ1) is 14.5. The summed E-state index contributed by atoms with van der Waals surface area (Å²) in [7, 11) is 0. The van der Waals surface area contributed by atoms with Gasteiger partial charge in [-0.2, -0.15) is 5.26 Å². The molecule has 0 radical (unpaired) electrons. The van der Waals surface area contributed by atoms with Gasteiger partial charge in [0, 0.05) is 12.2 Å². The van der Waals surface area contributed by atoms with Crippen LogP contribution in [0.5, 0.6) is 0 Å². The van der Waals surface area contributed by atoms with Crippen LogP contribution >= 0.6 is 0 Å². The molecule has 7 nitrogen and oxygen atoms in total. The lowest BCUT2D eigenvalue weighted by molar-refractivity contribution is -0.139. The molecule has 2 aliphatic heterocycles. The van der Waals surface area contributed by atoms with E-state index < -0.39 is 17.7 Å². The van der Waals surface area contributed by atoms with E-state index >= 15 is 0 Å². The van der Waals surface area contributed by atoms with Crippen molar-refractivity contribution in [1.29, 1.82) is 5.26 Å². The molecule has 2 atom stereocenters. The van der Waals surface area contributed by atoms with Gasteiger partial charge in [-0.1, -0.05) is 12.1 Å². The van der Waals surface area contributed by atoms with Gasteiger partial charge >= 0.3 is 5.97 Å². The lowest BCUT2D eigenvalue weighted by atomic mass is 9.82. The summed E-state index contributed by atoms with van der Waals surface area (Å²) in [6.07, 6.45) is 2.01. The number of rotatable bonds is 7. The zero-order chi connectivity index (χ0) is 21.7. The molecule has 3 rings (SSSR count). The molecule has 30 heavy (non-hydrogen) atoms. The zero-order valence-corrected chi connectivity index (χ0v) is 17.1. The largest absolute Gasteiger partial charge is 0.463 e. The molecule has 0 saturated carbocycles. The molecular formula is C22H25FN2O5. The Kier molecular flexibility index (Phi) is 7.08. The summed E-state index contributed by atoms with van der Waals surface area (Å²) >= 11 is 0. The van der Waals surface area contributed by atoms with E-state index in [0.717, 1.165) is 19.4 Å². The van der Waals surface area contributed by atoms with Crippen molar-refractivity contribution in [2.24, 2.45) is 5.73 Å². The van der Waals surface area contributed by atoms with Crippen LogP contribution < -0.4 is 5.73 Å². The van der Waals surface area contributed by atoms with Gasteiger partial charge in [-0.15, -0.1) is 0 Å². The Morgan fingerprint density at radius 2 is 2.23 bits per heavy atom. The molecule has 2 aliphatic rings. The molecule has 1 aromatic carbocycles. The minimum Gasteiger partial charge on any atom is -0.463 e. The van der Waals surface area contributed by atoms with Crippen LogP contribution in [0.25, 0.3) is 0 Å². The van der Waals surface area contributed by atoms with Crippen molar-refractivity contribution in [2.45, 2.75) is 45.3 Å². The van der Waals surface area contributed by atoms with Gasteiger partial charge in [-0.05, 0) is 38.3 Å². The minimum absolute atomic E-state index is 0.0328. The number of esters is 1. The first-order valence-electron chi connectivity index (χ1n) is 9.89. The minimum atomic E-state index is -0.876. The monoisotopic (exact) mass is 416 g/mol. The molecule has 0 aromatic heterocycles. The number of halogens is 1. The lowest BCUT2D eigenvalue weighted by Gasteiger charge is -2.27. The SMILES string of the molecule is CCOC(=O)C1=C(C)OC(N)=C(C#N)C1c1ccc(COCC2CCCO2)c(F)c1. The van der Waals surface area contributed by atoms with Crippen molar-refractivity contribution in [3.63, 3.8) is 0 Å². The predicted molar refractivity (Wildman–Crippen MR) is 105 cm³/mol. The number of ether oxygens (including phenoxy) is 4. The third-order valence-corrected chi connectivity index (χ3v) is 5.10. The Bertz CT molecular complexity index is 913. The Balaban J connectivity index is 1.85. The average molecular weight is 416 g/mol. The summed E-state index contributed by atoms with van der Waals surface area (Å²) in [5, 5.41) is 9.58. The van der Waals surface area contributed by atoms with Gasteiger partial charge in [-0.25, -0.2) is 9.18 Å². The van der Waals surface area contributed by atoms with Crippen LogP contribution in [0.3, 0.4) is 0 Å². The van der Waals surface area contributed by atoms with Gasteiger partial charge < -0.3 is 24.7 Å². The van der Waals surface area contributed by atoms with E-state index in [0.29, 0.717) is 17.7 Å². The summed E-state index contributed by atoms with van der Waals surface area (Å²) in [6, 6.07) is 6.50. The summed E-state index contributed by atoms with van der Waals surface area (Å²) in [4.78, 5) is 12.5. The highest BCUT2D eigenvalue weighted by atomic mass is 19.1. The Morgan fingerprint density at radius 3 is 2.87 bits per heavy atom. The highest BCUT2D eigenvalue weighted by molar-refractivity contribution is 5.92. The maximum atomic E-state index is 14.8. The van der Waals surface area contributed by atoms with Crippen LogP contribution in [-0.4, -0.2) is 31.9 Å². The maximum absolute atomic E-state index is 14.8. The normalized spacial score (nSPS) is 21.4. The van der Waals surface area contributed by atoms with E-state index in [2.05, 4.69) is 0 Å². The molecular weight excluding hydrogens is 391 g/mol. The number of allylic oxidation sites excluding steroid dienone is 2. The fraction of sp³-hybridized carbons (Fsp3) is 0.455. The van der Waals surface area contributed by atoms with E-state index in [1.165, 1.54) is 6.07 Å². The van der Waals surface area contributed by atoms with Crippen molar-refractivity contribution >= 4 is 5.97 Å². The number of hydrogen-bond acceptors (Lipinski definition) is 7. The zero-order valence-electron chi connectivity index (χ0n) is 17.1. The second-order valence-electron chi connectivity index (χ2n) is 7.12. The molecule has 1 saturated heterocycles. The summed E-state index contributed by atoms with van der Waals surface area (Å²) in [6.45, 7) is 4.63. The van der Waals surface area contributed by atoms with Crippen LogP contribution in [0, 0.1) is 17.1 Å². The number of nitrogens with zero attached hydrogens (tertiary/aromatic N) is 1. The fourth-order valence-corrected chi connectivity index (χ4v) is 3.62. The molecule has 0 aliphatic carbocycles. The summed E-state index contributed by atoms with van der Waals surface area (Å²) in [5.74, 6) is -1.90. The van der Waals surface area contributed by atoms with Gasteiger partial charge in [0.15, 0.2) is 0 Å². The number of nitriles is 1. The molecule has 160 valence electrons. The Hall–Kier alpha value is -2.89. The highest BCUT2D eigenvalue weighted by Gasteiger charge is 2.36. The molecule has 0 amide bonds. The van der Waals surface area contributed by atoms with Crippen LogP contribution in [-0.2, 0) is 30.3 Å². The smallest absolute Gasteiger partial charge is 0.338 e. The molecule has 0 spiro atoms. The van der Waals surface area contributed by atoms with Crippen molar-refractivity contribution in [3.05, 3.63) is 57.9 Å². The lowest BCUT2D eigenvalue weighted by Crippen LogP contribution is -2.25. The van der Waals surface area contributed by atoms with E-state index in [9.17, 15) is 14.4 Å². The number of carbonyl (C=O) groups excluding carboxylic acids is 1. The van der Waals surface area contributed by atoms with Crippen LogP contribution in [0.2, 0.25) is 0 Å². The topological polar surface area (TPSA) is 104 Å². The predicted octanol–water partition coefficient (Wildman–Crippen LogP) is 3.17. The third-order valence-electron chi connectivity index (χ3n) is 5.10. The third kappa shape index (κ3) is 4.64. The van der Waals surface area contributed by atoms with Crippen LogP contribution in [0.15, 0.2) is 41.0 Å². The Labute approximate surface area is 174 Å². The fourth-order valence-electron chi connectivity index (χ4n) is 3.62. The van der Waals surface area contributed by atoms with E-state index in [4.69, 9.17) is 24.7 Å². The first-order valence-corrected chi connectivity index (χ1v) is 9.89. The first kappa shape index (κ1) is 21.8. The molecule has 2 N–H and O–H groups in total. The van der Waals surface area contributed by atoms with E-state index in [1.54, 1.807) is 26.0 Å². The summed E-state index contributed by atoms with van der Waals surface area (Å²) < 4.78 is 36.4. The van der Waals surface area contributed by atoms with Crippen molar-refractivity contribution in [2.75, 3.05) is 19.8 Å². The van der Waals surface area contributed by atoms with Gasteiger partial charge in [0.05, 0.1) is 37.4 Å². The van der Waals surface area contributed by atoms with Gasteiger partial charge in [0.2, 0.25) is 5.88 Å². The van der Waals surface area contributed by atoms with Crippen molar-refractivity contribution < 1.29 is 28.1 Å². The average Bonchev–Trinajstić information content (AvgIpc) is 3.22.